The molecule has 1 N–H and O–H groups in total. The summed E-state index contributed by atoms with van der Waals surface area (Å²) in [5.74, 6) is -0.157. The van der Waals surface area contributed by atoms with E-state index >= 15 is 0 Å². The predicted octanol–water partition coefficient (Wildman–Crippen LogP) is 2.18. The lowest BCUT2D eigenvalue weighted by molar-refractivity contribution is -0.148. The largest absolute Gasteiger partial charge is 0.468 e. The fraction of sp³-hybridized carbons (Fsp3) is 0.933. The summed E-state index contributed by atoms with van der Waals surface area (Å²) in [6.45, 7) is 10.5. The van der Waals surface area contributed by atoms with E-state index in [4.69, 9.17) is 4.74 Å². The molecule has 1 aliphatic carbocycles. The summed E-state index contributed by atoms with van der Waals surface area (Å²) in [6.07, 6.45) is 4.52. The van der Waals surface area contributed by atoms with Crippen LogP contribution in [0.2, 0.25) is 0 Å². The van der Waals surface area contributed by atoms with Gasteiger partial charge in [0.05, 0.1) is 7.11 Å². The highest BCUT2D eigenvalue weighted by Gasteiger charge is 2.35. The number of ether oxygens (including phenoxy) is 1. The van der Waals surface area contributed by atoms with Gasteiger partial charge in [0, 0.05) is 12.1 Å². The highest BCUT2D eigenvalue weighted by molar-refractivity contribution is 5.80. The minimum atomic E-state index is -0.564. The Hall–Kier alpha value is -0.610. The van der Waals surface area contributed by atoms with Crippen LogP contribution in [0.3, 0.4) is 0 Å². The Labute approximate surface area is 117 Å². The molecule has 0 aliphatic heterocycles. The second-order valence-corrected chi connectivity index (χ2v) is 6.09. The maximum absolute atomic E-state index is 12.0. The average molecular weight is 270 g/mol. The van der Waals surface area contributed by atoms with Gasteiger partial charge in [-0.25, -0.2) is 0 Å². The highest BCUT2D eigenvalue weighted by atomic mass is 16.5. The number of hydrogen-bond acceptors (Lipinski definition) is 4. The van der Waals surface area contributed by atoms with E-state index in [2.05, 4.69) is 31.0 Å². The highest BCUT2D eigenvalue weighted by Crippen LogP contribution is 2.27. The Bertz CT molecular complexity index is 290. The van der Waals surface area contributed by atoms with Crippen molar-refractivity contribution in [2.45, 2.75) is 71.0 Å². The number of nitrogens with zero attached hydrogens (tertiary/aromatic N) is 1. The summed E-state index contributed by atoms with van der Waals surface area (Å²) in [4.78, 5) is 14.5. The fourth-order valence-electron chi connectivity index (χ4n) is 2.77. The molecule has 0 amide bonds. The fourth-order valence-corrected chi connectivity index (χ4v) is 2.77. The predicted molar refractivity (Wildman–Crippen MR) is 78.2 cm³/mol. The molecule has 0 aromatic heterocycles. The molecule has 0 bridgehead atoms. The van der Waals surface area contributed by atoms with Crippen LogP contribution >= 0.6 is 0 Å². The summed E-state index contributed by atoms with van der Waals surface area (Å²) >= 11 is 0. The second-order valence-electron chi connectivity index (χ2n) is 6.09. The van der Waals surface area contributed by atoms with E-state index in [9.17, 15) is 4.79 Å². The second kappa shape index (κ2) is 7.25. The van der Waals surface area contributed by atoms with Crippen molar-refractivity contribution in [2.24, 2.45) is 0 Å². The van der Waals surface area contributed by atoms with Crippen molar-refractivity contribution >= 4 is 5.97 Å². The zero-order valence-corrected chi connectivity index (χ0v) is 13.2. The van der Waals surface area contributed by atoms with Gasteiger partial charge in [0.15, 0.2) is 0 Å². The van der Waals surface area contributed by atoms with Gasteiger partial charge in [-0.05, 0) is 59.5 Å². The third-order valence-electron chi connectivity index (χ3n) is 3.83. The molecule has 4 nitrogen and oxygen atoms in total. The van der Waals surface area contributed by atoms with Crippen LogP contribution in [0.5, 0.6) is 0 Å². The van der Waals surface area contributed by atoms with Crippen LogP contribution in [0.15, 0.2) is 0 Å². The Morgan fingerprint density at radius 3 is 2.53 bits per heavy atom. The molecule has 0 radical (unpaired) electrons. The normalized spacial score (nSPS) is 18.7. The van der Waals surface area contributed by atoms with Gasteiger partial charge >= 0.3 is 5.97 Å². The van der Waals surface area contributed by atoms with E-state index in [0.717, 1.165) is 32.0 Å². The van der Waals surface area contributed by atoms with E-state index in [0.29, 0.717) is 0 Å². The molecule has 1 aliphatic rings. The van der Waals surface area contributed by atoms with Crippen molar-refractivity contribution in [1.82, 2.24) is 10.2 Å². The molecule has 0 heterocycles. The van der Waals surface area contributed by atoms with Crippen molar-refractivity contribution in [3.63, 3.8) is 0 Å². The summed E-state index contributed by atoms with van der Waals surface area (Å²) in [7, 11) is 1.46. The van der Waals surface area contributed by atoms with Crippen LogP contribution in [0.4, 0.5) is 0 Å². The molecule has 112 valence electrons. The Balaban J connectivity index is 2.45. The number of carbonyl (C=O) groups excluding carboxylic acids is 1. The minimum Gasteiger partial charge on any atom is -0.468 e. The molecule has 1 saturated carbocycles. The number of esters is 1. The van der Waals surface area contributed by atoms with Crippen molar-refractivity contribution in [3.05, 3.63) is 0 Å². The minimum absolute atomic E-state index is 0.157. The summed E-state index contributed by atoms with van der Waals surface area (Å²) in [6, 6.07) is 1.07. The van der Waals surface area contributed by atoms with E-state index in [1.165, 1.54) is 20.0 Å². The van der Waals surface area contributed by atoms with Gasteiger partial charge in [0.1, 0.15) is 5.54 Å². The Morgan fingerprint density at radius 1 is 1.47 bits per heavy atom. The smallest absolute Gasteiger partial charge is 0.325 e. The van der Waals surface area contributed by atoms with Crippen molar-refractivity contribution in [2.75, 3.05) is 20.2 Å². The molecule has 4 heteroatoms. The molecule has 1 atom stereocenters. The zero-order chi connectivity index (χ0) is 14.5. The lowest BCUT2D eigenvalue weighted by Crippen LogP contribution is -2.53. The van der Waals surface area contributed by atoms with Crippen LogP contribution in [0.25, 0.3) is 0 Å². The van der Waals surface area contributed by atoms with Crippen LogP contribution in [-0.2, 0) is 9.53 Å². The van der Waals surface area contributed by atoms with Gasteiger partial charge in [-0.15, -0.1) is 0 Å². The quantitative estimate of drug-likeness (QED) is 0.652. The number of nitrogens with one attached hydrogen (secondary N) is 1. The van der Waals surface area contributed by atoms with Gasteiger partial charge in [-0.3, -0.25) is 10.1 Å². The first-order valence-corrected chi connectivity index (χ1v) is 7.53. The first-order chi connectivity index (χ1) is 8.92. The molecule has 1 fully saturated rings. The van der Waals surface area contributed by atoms with E-state index < -0.39 is 5.54 Å². The average Bonchev–Trinajstić information content (AvgIpc) is 3.17. The third-order valence-corrected chi connectivity index (χ3v) is 3.83. The van der Waals surface area contributed by atoms with Crippen LogP contribution < -0.4 is 5.32 Å². The van der Waals surface area contributed by atoms with Crippen LogP contribution in [0, 0.1) is 0 Å². The van der Waals surface area contributed by atoms with Gasteiger partial charge in [-0.1, -0.05) is 6.92 Å². The van der Waals surface area contributed by atoms with Crippen molar-refractivity contribution in [1.29, 1.82) is 0 Å². The Morgan fingerprint density at radius 2 is 2.11 bits per heavy atom. The molecule has 1 rings (SSSR count). The van der Waals surface area contributed by atoms with Crippen LogP contribution in [-0.4, -0.2) is 48.7 Å². The number of carbonyl (C=O) groups is 1. The third kappa shape index (κ3) is 5.11. The molecule has 19 heavy (non-hydrogen) atoms. The number of rotatable bonds is 9. The molecular formula is C15H30N2O2. The molecule has 0 aromatic carbocycles. The van der Waals surface area contributed by atoms with Gasteiger partial charge in [-0.2, -0.15) is 0 Å². The Kier molecular flexibility index (Phi) is 6.27. The molecule has 0 spiro atoms. The topological polar surface area (TPSA) is 41.6 Å². The van der Waals surface area contributed by atoms with E-state index in [1.54, 1.807) is 0 Å². The first-order valence-electron chi connectivity index (χ1n) is 7.53. The summed E-state index contributed by atoms with van der Waals surface area (Å²) in [5.41, 5.74) is -0.564. The van der Waals surface area contributed by atoms with E-state index in [-0.39, 0.29) is 12.0 Å². The standard InChI is InChI=1S/C15H30N2O2/c1-6-17(13-8-9-13)11-7-10-15(4,14(18)19-5)16-12(2)3/h12-13,16H,6-11H2,1-5H3. The van der Waals surface area contributed by atoms with Crippen LogP contribution in [0.1, 0.15) is 53.4 Å². The lowest BCUT2D eigenvalue weighted by atomic mass is 9.94. The van der Waals surface area contributed by atoms with Crippen molar-refractivity contribution < 1.29 is 9.53 Å². The SMILES string of the molecule is CCN(CCCC(C)(NC(C)C)C(=O)OC)C1CC1. The first kappa shape index (κ1) is 16.4. The number of hydrogen-bond donors (Lipinski definition) is 1. The number of methoxy groups -OCH3 is 1. The molecule has 0 saturated heterocycles. The summed E-state index contributed by atoms with van der Waals surface area (Å²) in [5, 5.41) is 3.35. The molecule has 0 aromatic rings. The lowest BCUT2D eigenvalue weighted by Gasteiger charge is -2.31. The van der Waals surface area contributed by atoms with Gasteiger partial charge in [0.2, 0.25) is 0 Å². The molecular weight excluding hydrogens is 240 g/mol. The monoisotopic (exact) mass is 270 g/mol. The maximum Gasteiger partial charge on any atom is 0.325 e. The zero-order valence-electron chi connectivity index (χ0n) is 13.2. The maximum atomic E-state index is 12.0. The van der Waals surface area contributed by atoms with Crippen molar-refractivity contribution in [3.8, 4) is 0 Å². The molecule has 1 unspecified atom stereocenters. The summed E-state index contributed by atoms with van der Waals surface area (Å²) < 4.78 is 4.94. The van der Waals surface area contributed by atoms with E-state index in [1.807, 2.05) is 6.92 Å². The van der Waals surface area contributed by atoms with Gasteiger partial charge < -0.3 is 9.64 Å². The van der Waals surface area contributed by atoms with Gasteiger partial charge in [0.25, 0.3) is 0 Å².